The van der Waals surface area contributed by atoms with Crippen molar-refractivity contribution in [1.29, 1.82) is 0 Å². The molecular weight excluding hydrogens is 268 g/mol. The second kappa shape index (κ2) is 6.26. The van der Waals surface area contributed by atoms with Crippen LogP contribution in [0.25, 0.3) is 10.8 Å². The molecule has 5 heteroatoms. The van der Waals surface area contributed by atoms with Gasteiger partial charge in [0.1, 0.15) is 5.75 Å². The van der Waals surface area contributed by atoms with E-state index in [-0.39, 0.29) is 18.3 Å². The van der Waals surface area contributed by atoms with Gasteiger partial charge in [0.15, 0.2) is 0 Å². The Morgan fingerprint density at radius 1 is 1.14 bits per heavy atom. The number of carbonyl (C=O) groups excluding carboxylic acids is 2. The molecule has 0 aromatic heterocycles. The van der Waals surface area contributed by atoms with Crippen LogP contribution in [0.15, 0.2) is 30.3 Å². The van der Waals surface area contributed by atoms with Crippen LogP contribution in [0.2, 0.25) is 0 Å². The number of hydrogen-bond acceptors (Lipinski definition) is 4. The van der Waals surface area contributed by atoms with Crippen molar-refractivity contribution in [2.45, 2.75) is 26.7 Å². The van der Waals surface area contributed by atoms with E-state index in [4.69, 9.17) is 10.5 Å². The van der Waals surface area contributed by atoms with E-state index in [1.165, 1.54) is 0 Å². The maximum Gasteiger partial charge on any atom is 0.310 e. The van der Waals surface area contributed by atoms with E-state index in [1.807, 2.05) is 24.3 Å². The summed E-state index contributed by atoms with van der Waals surface area (Å²) in [5.41, 5.74) is 6.92. The second-order valence-corrected chi connectivity index (χ2v) is 4.61. The predicted octanol–water partition coefficient (Wildman–Crippen LogP) is 3.09. The van der Waals surface area contributed by atoms with Crippen molar-refractivity contribution in [1.82, 2.24) is 0 Å². The van der Waals surface area contributed by atoms with Crippen LogP contribution in [0.3, 0.4) is 0 Å². The first-order valence-electron chi connectivity index (χ1n) is 6.88. The summed E-state index contributed by atoms with van der Waals surface area (Å²) in [6.07, 6.45) is 0.642. The smallest absolute Gasteiger partial charge is 0.310 e. The van der Waals surface area contributed by atoms with Crippen molar-refractivity contribution in [3.63, 3.8) is 0 Å². The molecule has 2 aromatic rings. The van der Waals surface area contributed by atoms with E-state index in [2.05, 4.69) is 5.32 Å². The summed E-state index contributed by atoms with van der Waals surface area (Å²) in [4.78, 5) is 23.1. The summed E-state index contributed by atoms with van der Waals surface area (Å²) in [6, 6.07) is 8.91. The largest absolute Gasteiger partial charge is 0.426 e. The molecule has 0 heterocycles. The van der Waals surface area contributed by atoms with Crippen LogP contribution in [-0.4, -0.2) is 11.9 Å². The summed E-state index contributed by atoms with van der Waals surface area (Å²) in [6.45, 7) is 3.49. The number of benzene rings is 2. The Morgan fingerprint density at radius 3 is 2.43 bits per heavy atom. The molecule has 21 heavy (non-hydrogen) atoms. The van der Waals surface area contributed by atoms with Gasteiger partial charge in [-0.05, 0) is 0 Å². The Hall–Kier alpha value is -2.56. The molecule has 1 amide bonds. The number of fused-ring (bicyclic) bond motifs is 1. The zero-order chi connectivity index (χ0) is 15.4. The van der Waals surface area contributed by atoms with E-state index < -0.39 is 0 Å². The van der Waals surface area contributed by atoms with Gasteiger partial charge in [0.2, 0.25) is 5.91 Å². The maximum absolute atomic E-state index is 11.6. The lowest BCUT2D eigenvalue weighted by atomic mass is 10.1. The Balaban J connectivity index is 2.57. The number of rotatable bonds is 4. The summed E-state index contributed by atoms with van der Waals surface area (Å²) >= 11 is 0. The van der Waals surface area contributed by atoms with Gasteiger partial charge < -0.3 is 15.8 Å². The fourth-order valence-corrected chi connectivity index (χ4v) is 2.01. The number of nitrogens with one attached hydrogen (secondary N) is 1. The SMILES string of the molecule is CCC(=O)Nc1c(N)cc(OC(=O)CC)c2ccccc12. The average Bonchev–Trinajstić information content (AvgIpc) is 2.50. The highest BCUT2D eigenvalue weighted by Crippen LogP contribution is 2.37. The number of nitrogen functional groups attached to an aromatic ring is 1. The molecule has 110 valence electrons. The Kier molecular flexibility index (Phi) is 4.42. The van der Waals surface area contributed by atoms with Crippen molar-refractivity contribution in [3.8, 4) is 5.75 Å². The fraction of sp³-hybridized carbons (Fsp3) is 0.250. The minimum Gasteiger partial charge on any atom is -0.426 e. The van der Waals surface area contributed by atoms with Gasteiger partial charge >= 0.3 is 5.97 Å². The molecule has 0 unspecified atom stereocenters. The van der Waals surface area contributed by atoms with Crippen molar-refractivity contribution in [3.05, 3.63) is 30.3 Å². The molecule has 0 aliphatic heterocycles. The highest BCUT2D eigenvalue weighted by atomic mass is 16.5. The monoisotopic (exact) mass is 286 g/mol. The predicted molar refractivity (Wildman–Crippen MR) is 83.2 cm³/mol. The average molecular weight is 286 g/mol. The van der Waals surface area contributed by atoms with Gasteiger partial charge in [-0.3, -0.25) is 9.59 Å². The van der Waals surface area contributed by atoms with Gasteiger partial charge in [-0.25, -0.2) is 0 Å². The molecule has 0 radical (unpaired) electrons. The lowest BCUT2D eigenvalue weighted by Gasteiger charge is -2.14. The van der Waals surface area contributed by atoms with Crippen molar-refractivity contribution in [2.24, 2.45) is 0 Å². The summed E-state index contributed by atoms with van der Waals surface area (Å²) in [5.74, 6) is -0.0421. The van der Waals surface area contributed by atoms with Gasteiger partial charge in [-0.1, -0.05) is 38.1 Å². The number of carbonyl (C=O) groups is 2. The van der Waals surface area contributed by atoms with Crippen molar-refractivity contribution >= 4 is 34.0 Å². The minimum atomic E-state index is -0.329. The first kappa shape index (κ1) is 14.8. The van der Waals surface area contributed by atoms with E-state index in [9.17, 15) is 9.59 Å². The van der Waals surface area contributed by atoms with E-state index in [0.717, 1.165) is 10.8 Å². The minimum absolute atomic E-state index is 0.120. The number of anilines is 2. The normalized spacial score (nSPS) is 10.4. The van der Waals surface area contributed by atoms with Crippen LogP contribution < -0.4 is 15.8 Å². The third-order valence-electron chi connectivity index (χ3n) is 3.14. The van der Waals surface area contributed by atoms with Crippen LogP contribution in [0.4, 0.5) is 11.4 Å². The topological polar surface area (TPSA) is 81.4 Å². The standard InChI is InChI=1S/C16H18N2O3/c1-3-14(19)18-16-11-8-6-5-7-10(11)13(9-12(16)17)21-15(20)4-2/h5-9H,3-4,17H2,1-2H3,(H,18,19). The quantitative estimate of drug-likeness (QED) is 0.514. The number of esters is 1. The molecule has 0 saturated carbocycles. The molecule has 0 aliphatic carbocycles. The van der Waals surface area contributed by atoms with Crippen LogP contribution in [-0.2, 0) is 9.59 Å². The van der Waals surface area contributed by atoms with Crippen LogP contribution in [0, 0.1) is 0 Å². The third-order valence-corrected chi connectivity index (χ3v) is 3.14. The van der Waals surface area contributed by atoms with E-state index in [1.54, 1.807) is 19.9 Å². The zero-order valence-electron chi connectivity index (χ0n) is 12.1. The zero-order valence-corrected chi connectivity index (χ0v) is 12.1. The lowest BCUT2D eigenvalue weighted by Crippen LogP contribution is -2.12. The van der Waals surface area contributed by atoms with Gasteiger partial charge in [0, 0.05) is 29.7 Å². The summed E-state index contributed by atoms with van der Waals surface area (Å²) < 4.78 is 5.31. The van der Waals surface area contributed by atoms with Crippen LogP contribution in [0.5, 0.6) is 5.75 Å². The van der Waals surface area contributed by atoms with Crippen molar-refractivity contribution in [2.75, 3.05) is 11.1 Å². The van der Waals surface area contributed by atoms with Gasteiger partial charge in [-0.15, -0.1) is 0 Å². The first-order valence-corrected chi connectivity index (χ1v) is 6.88. The molecule has 0 saturated heterocycles. The molecular formula is C16H18N2O3. The Morgan fingerprint density at radius 2 is 1.81 bits per heavy atom. The molecule has 3 N–H and O–H groups in total. The maximum atomic E-state index is 11.6. The molecule has 0 atom stereocenters. The number of hydrogen-bond donors (Lipinski definition) is 2. The molecule has 2 aromatic carbocycles. The van der Waals surface area contributed by atoms with Crippen molar-refractivity contribution < 1.29 is 14.3 Å². The fourth-order valence-electron chi connectivity index (χ4n) is 2.01. The summed E-state index contributed by atoms with van der Waals surface area (Å²) in [5, 5.41) is 4.28. The highest BCUT2D eigenvalue weighted by molar-refractivity contribution is 6.09. The lowest BCUT2D eigenvalue weighted by molar-refractivity contribution is -0.133. The highest BCUT2D eigenvalue weighted by Gasteiger charge is 2.14. The van der Waals surface area contributed by atoms with E-state index >= 15 is 0 Å². The molecule has 2 rings (SSSR count). The molecule has 0 fully saturated rings. The molecule has 0 spiro atoms. The van der Waals surface area contributed by atoms with Crippen LogP contribution >= 0.6 is 0 Å². The van der Waals surface area contributed by atoms with Gasteiger partial charge in [0.05, 0.1) is 11.4 Å². The summed E-state index contributed by atoms with van der Waals surface area (Å²) in [7, 11) is 0. The van der Waals surface area contributed by atoms with Gasteiger partial charge in [-0.2, -0.15) is 0 Å². The van der Waals surface area contributed by atoms with Crippen LogP contribution in [0.1, 0.15) is 26.7 Å². The molecule has 0 bridgehead atoms. The van der Waals surface area contributed by atoms with Gasteiger partial charge in [0.25, 0.3) is 0 Å². The Bertz CT molecular complexity index is 695. The van der Waals surface area contributed by atoms with E-state index in [0.29, 0.717) is 23.5 Å². The number of amides is 1. The Labute approximate surface area is 123 Å². The first-order chi connectivity index (χ1) is 10.1. The molecule has 5 nitrogen and oxygen atoms in total. The number of ether oxygens (including phenoxy) is 1. The third kappa shape index (κ3) is 3.13. The molecule has 0 aliphatic rings. The number of nitrogens with two attached hydrogens (primary N) is 1. The second-order valence-electron chi connectivity index (χ2n) is 4.61.